The molecule has 1 atom stereocenters. The quantitative estimate of drug-likeness (QED) is 0.791. The number of hydrogen-bond acceptors (Lipinski definition) is 3. The maximum atomic E-state index is 12.5. The Labute approximate surface area is 150 Å². The molecule has 0 heterocycles. The Bertz CT molecular complexity index is 829. The summed E-state index contributed by atoms with van der Waals surface area (Å²) in [6, 6.07) is 10.3. The second-order valence-electron chi connectivity index (χ2n) is 6.21. The third kappa shape index (κ3) is 5.06. The molecule has 1 unspecified atom stereocenters. The van der Waals surface area contributed by atoms with Crippen molar-refractivity contribution >= 4 is 10.0 Å². The van der Waals surface area contributed by atoms with Crippen LogP contribution >= 0.6 is 0 Å². The van der Waals surface area contributed by atoms with Crippen molar-refractivity contribution in [2.45, 2.75) is 36.9 Å². The normalized spacial score (nSPS) is 13.8. The minimum atomic E-state index is -4.47. The first-order chi connectivity index (χ1) is 12.0. The predicted molar refractivity (Wildman–Crippen MR) is 92.1 cm³/mol. The molecule has 2 aromatic rings. The number of alkyl halides is 3. The van der Waals surface area contributed by atoms with E-state index in [1.807, 2.05) is 13.8 Å². The van der Waals surface area contributed by atoms with Crippen LogP contribution in [0.2, 0.25) is 0 Å². The number of hydrogen-bond donors (Lipinski definition) is 2. The van der Waals surface area contributed by atoms with Gasteiger partial charge in [0.15, 0.2) is 0 Å². The van der Waals surface area contributed by atoms with E-state index in [0.717, 1.165) is 29.8 Å². The molecule has 2 rings (SSSR count). The van der Waals surface area contributed by atoms with E-state index in [-0.39, 0.29) is 22.9 Å². The molecular formula is C18H20F3NO3S. The van der Waals surface area contributed by atoms with Gasteiger partial charge in [0.1, 0.15) is 0 Å². The predicted octanol–water partition coefficient (Wildman–Crippen LogP) is 3.84. The monoisotopic (exact) mass is 387 g/mol. The molecule has 0 amide bonds. The number of rotatable bonds is 6. The highest BCUT2D eigenvalue weighted by molar-refractivity contribution is 7.89. The van der Waals surface area contributed by atoms with E-state index in [1.165, 1.54) is 12.1 Å². The molecule has 0 radical (unpaired) electrons. The SMILES string of the molecule is CC(C)c1ccc(S(=O)(=O)NCC(O)c2ccc(C(F)(F)F)cc2)cc1. The minimum absolute atomic E-state index is 0.0570. The summed E-state index contributed by atoms with van der Waals surface area (Å²) in [4.78, 5) is 0.0570. The van der Waals surface area contributed by atoms with E-state index in [1.54, 1.807) is 12.1 Å². The summed E-state index contributed by atoms with van der Waals surface area (Å²) in [6.07, 6.45) is -5.73. The Morgan fingerprint density at radius 2 is 1.46 bits per heavy atom. The Morgan fingerprint density at radius 1 is 0.962 bits per heavy atom. The molecule has 0 aliphatic heterocycles. The van der Waals surface area contributed by atoms with Gasteiger partial charge in [0, 0.05) is 6.54 Å². The lowest BCUT2D eigenvalue weighted by Crippen LogP contribution is -2.28. The highest BCUT2D eigenvalue weighted by atomic mass is 32.2. The fourth-order valence-corrected chi connectivity index (χ4v) is 3.35. The Morgan fingerprint density at radius 3 is 1.92 bits per heavy atom. The zero-order chi connectivity index (χ0) is 19.5. The molecule has 0 aromatic heterocycles. The van der Waals surface area contributed by atoms with Gasteiger partial charge in [0.25, 0.3) is 0 Å². The lowest BCUT2D eigenvalue weighted by molar-refractivity contribution is -0.137. The highest BCUT2D eigenvalue weighted by Gasteiger charge is 2.30. The number of aliphatic hydroxyl groups excluding tert-OH is 1. The molecule has 0 aliphatic carbocycles. The lowest BCUT2D eigenvalue weighted by Gasteiger charge is -2.14. The lowest BCUT2D eigenvalue weighted by atomic mass is 10.0. The van der Waals surface area contributed by atoms with E-state index in [0.29, 0.717) is 0 Å². The zero-order valence-corrected chi connectivity index (χ0v) is 15.1. The fraction of sp³-hybridized carbons (Fsp3) is 0.333. The van der Waals surface area contributed by atoms with Gasteiger partial charge in [0.2, 0.25) is 10.0 Å². The van der Waals surface area contributed by atoms with Gasteiger partial charge in [-0.15, -0.1) is 0 Å². The van der Waals surface area contributed by atoms with Crippen LogP contribution in [-0.4, -0.2) is 20.1 Å². The van der Waals surface area contributed by atoms with Crippen molar-refractivity contribution in [2.24, 2.45) is 0 Å². The summed E-state index contributed by atoms with van der Waals surface area (Å²) in [5, 5.41) is 10.0. The summed E-state index contributed by atoms with van der Waals surface area (Å²) in [6.45, 7) is 3.63. The molecule has 142 valence electrons. The first-order valence-corrected chi connectivity index (χ1v) is 9.44. The van der Waals surface area contributed by atoms with Crippen molar-refractivity contribution in [1.82, 2.24) is 4.72 Å². The van der Waals surface area contributed by atoms with Crippen LogP contribution in [0.1, 0.15) is 42.6 Å². The summed E-state index contributed by atoms with van der Waals surface area (Å²) in [7, 11) is -3.83. The van der Waals surface area contributed by atoms with Crippen LogP contribution in [0.15, 0.2) is 53.4 Å². The molecule has 0 saturated carbocycles. The Hall–Kier alpha value is -1.90. The van der Waals surface area contributed by atoms with Gasteiger partial charge in [-0.3, -0.25) is 0 Å². The van der Waals surface area contributed by atoms with Gasteiger partial charge in [-0.05, 0) is 41.3 Å². The number of nitrogens with one attached hydrogen (secondary N) is 1. The molecule has 0 spiro atoms. The van der Waals surface area contributed by atoms with Crippen molar-refractivity contribution < 1.29 is 26.7 Å². The molecule has 26 heavy (non-hydrogen) atoms. The van der Waals surface area contributed by atoms with E-state index in [4.69, 9.17) is 0 Å². The largest absolute Gasteiger partial charge is 0.416 e. The first-order valence-electron chi connectivity index (χ1n) is 7.95. The van der Waals surface area contributed by atoms with Gasteiger partial charge in [-0.25, -0.2) is 13.1 Å². The number of sulfonamides is 1. The van der Waals surface area contributed by atoms with Crippen molar-refractivity contribution in [3.8, 4) is 0 Å². The zero-order valence-electron chi connectivity index (χ0n) is 14.3. The summed E-state index contributed by atoms with van der Waals surface area (Å²) in [5.74, 6) is 0.265. The summed E-state index contributed by atoms with van der Waals surface area (Å²) >= 11 is 0. The van der Waals surface area contributed by atoms with Crippen LogP contribution in [-0.2, 0) is 16.2 Å². The number of halogens is 3. The maximum Gasteiger partial charge on any atom is 0.416 e. The molecular weight excluding hydrogens is 367 g/mol. The fourth-order valence-electron chi connectivity index (χ4n) is 2.32. The van der Waals surface area contributed by atoms with E-state index in [9.17, 15) is 26.7 Å². The smallest absolute Gasteiger partial charge is 0.387 e. The molecule has 2 N–H and O–H groups in total. The van der Waals surface area contributed by atoms with Gasteiger partial charge in [-0.2, -0.15) is 13.2 Å². The van der Waals surface area contributed by atoms with E-state index < -0.39 is 27.9 Å². The Balaban J connectivity index is 2.04. The van der Waals surface area contributed by atoms with Gasteiger partial charge in [-0.1, -0.05) is 38.1 Å². The molecule has 2 aromatic carbocycles. The van der Waals surface area contributed by atoms with Crippen molar-refractivity contribution in [1.29, 1.82) is 0 Å². The van der Waals surface area contributed by atoms with Crippen molar-refractivity contribution in [3.05, 3.63) is 65.2 Å². The molecule has 0 saturated heterocycles. The van der Waals surface area contributed by atoms with Crippen molar-refractivity contribution in [2.75, 3.05) is 6.54 Å². The molecule has 8 heteroatoms. The third-order valence-electron chi connectivity index (χ3n) is 3.95. The van der Waals surface area contributed by atoms with Crippen LogP contribution in [0.3, 0.4) is 0 Å². The molecule has 4 nitrogen and oxygen atoms in total. The molecule has 0 fully saturated rings. The second kappa shape index (κ2) is 7.77. The van der Waals surface area contributed by atoms with E-state index >= 15 is 0 Å². The maximum absolute atomic E-state index is 12.5. The highest BCUT2D eigenvalue weighted by Crippen LogP contribution is 2.30. The number of benzene rings is 2. The van der Waals surface area contributed by atoms with Crippen LogP contribution in [0.25, 0.3) is 0 Å². The third-order valence-corrected chi connectivity index (χ3v) is 5.39. The van der Waals surface area contributed by atoms with Gasteiger partial charge >= 0.3 is 6.18 Å². The van der Waals surface area contributed by atoms with Gasteiger partial charge in [0.05, 0.1) is 16.6 Å². The number of aliphatic hydroxyl groups is 1. The minimum Gasteiger partial charge on any atom is -0.387 e. The Kier molecular flexibility index (Phi) is 6.10. The van der Waals surface area contributed by atoms with E-state index in [2.05, 4.69) is 4.72 Å². The van der Waals surface area contributed by atoms with Crippen LogP contribution in [0.5, 0.6) is 0 Å². The van der Waals surface area contributed by atoms with Crippen molar-refractivity contribution in [3.63, 3.8) is 0 Å². The standard InChI is InChI=1S/C18H20F3NO3S/c1-12(2)13-5-9-16(10-6-13)26(24,25)22-11-17(23)14-3-7-15(8-4-14)18(19,20)21/h3-10,12,17,22-23H,11H2,1-2H3. The van der Waals surface area contributed by atoms with Crippen LogP contribution in [0, 0.1) is 0 Å². The average molecular weight is 387 g/mol. The van der Waals surface area contributed by atoms with Crippen LogP contribution in [0.4, 0.5) is 13.2 Å². The summed E-state index contributed by atoms with van der Waals surface area (Å²) < 4.78 is 64.4. The topological polar surface area (TPSA) is 66.4 Å². The first kappa shape index (κ1) is 20.4. The summed E-state index contributed by atoms with van der Waals surface area (Å²) in [5.41, 5.74) is 0.351. The van der Waals surface area contributed by atoms with Crippen LogP contribution < -0.4 is 4.72 Å². The molecule has 0 bridgehead atoms. The average Bonchev–Trinajstić information content (AvgIpc) is 2.59. The van der Waals surface area contributed by atoms with Gasteiger partial charge < -0.3 is 5.11 Å². The molecule has 0 aliphatic rings. The second-order valence-corrected chi connectivity index (χ2v) is 7.98.